The van der Waals surface area contributed by atoms with Gasteiger partial charge in [0, 0.05) is 13.1 Å². The van der Waals surface area contributed by atoms with Crippen molar-refractivity contribution in [3.63, 3.8) is 0 Å². The second-order valence-electron chi connectivity index (χ2n) is 5.82. The van der Waals surface area contributed by atoms with Crippen molar-refractivity contribution in [1.29, 1.82) is 0 Å². The predicted octanol–water partition coefficient (Wildman–Crippen LogP) is 3.14. The van der Waals surface area contributed by atoms with Crippen LogP contribution in [-0.4, -0.2) is 30.9 Å². The molecule has 2 heterocycles. The highest BCUT2D eigenvalue weighted by Crippen LogP contribution is 2.32. The lowest BCUT2D eigenvalue weighted by molar-refractivity contribution is 0.282. The van der Waals surface area contributed by atoms with E-state index in [0.717, 1.165) is 31.2 Å². The Bertz CT molecular complexity index is 565. The number of aryl methyl sites for hydroxylation is 1. The van der Waals surface area contributed by atoms with Crippen LogP contribution in [0.15, 0.2) is 10.3 Å². The van der Waals surface area contributed by atoms with Crippen molar-refractivity contribution < 1.29 is 13.5 Å². The fraction of sp³-hybridized carbons (Fsp3) is 0.733. The molecule has 2 rings (SSSR count). The van der Waals surface area contributed by atoms with Gasteiger partial charge in [-0.3, -0.25) is 0 Å². The zero-order valence-corrected chi connectivity index (χ0v) is 14.5. The number of rotatable bonds is 5. The highest BCUT2D eigenvalue weighted by atomic mass is 32.2. The Morgan fingerprint density at radius 3 is 2.81 bits per heavy atom. The molecule has 0 aliphatic carbocycles. The minimum absolute atomic E-state index is 0.209. The highest BCUT2D eigenvalue weighted by Gasteiger charge is 2.31. The summed E-state index contributed by atoms with van der Waals surface area (Å²) in [5.41, 5.74) is 0.749. The molecule has 4 nitrogen and oxygen atoms in total. The van der Waals surface area contributed by atoms with E-state index in [1.165, 1.54) is 17.8 Å². The van der Waals surface area contributed by atoms with Crippen LogP contribution >= 0.6 is 11.3 Å². The molecule has 0 spiro atoms. The lowest BCUT2D eigenvalue weighted by atomic mass is 9.96. The molecule has 1 fully saturated rings. The third-order valence-corrected chi connectivity index (χ3v) is 7.58. The largest absolute Gasteiger partial charge is 0.391 e. The zero-order chi connectivity index (χ0) is 15.5. The van der Waals surface area contributed by atoms with Crippen LogP contribution in [0.2, 0.25) is 0 Å². The Hall–Kier alpha value is -0.430. The fourth-order valence-electron chi connectivity index (χ4n) is 3.15. The van der Waals surface area contributed by atoms with Crippen LogP contribution in [0.4, 0.5) is 0 Å². The normalized spacial score (nSPS) is 21.4. The van der Waals surface area contributed by atoms with E-state index < -0.39 is 10.0 Å². The number of aliphatic hydroxyl groups excluding tert-OH is 1. The van der Waals surface area contributed by atoms with Crippen LogP contribution in [0, 0.1) is 12.8 Å². The van der Waals surface area contributed by atoms with Crippen molar-refractivity contribution in [1.82, 2.24) is 4.31 Å². The van der Waals surface area contributed by atoms with Crippen molar-refractivity contribution >= 4 is 21.4 Å². The second-order valence-corrected chi connectivity index (χ2v) is 8.66. The third-order valence-electron chi connectivity index (χ3n) is 4.23. The number of thiophene rings is 1. The minimum atomic E-state index is -3.47. The number of nitrogens with zero attached hydrogens (tertiary/aromatic N) is 1. The van der Waals surface area contributed by atoms with Crippen LogP contribution in [0.1, 0.15) is 49.5 Å². The van der Waals surface area contributed by atoms with Gasteiger partial charge in [-0.15, -0.1) is 11.3 Å². The monoisotopic (exact) mass is 331 g/mol. The standard InChI is InChI=1S/C15H25NO3S2/c1-3-5-13-6-4-8-16(9-7-13)21(18,19)15-12(2)11-20-14(15)10-17/h11,13,17H,3-10H2,1-2H3. The van der Waals surface area contributed by atoms with E-state index in [2.05, 4.69) is 6.92 Å². The van der Waals surface area contributed by atoms with E-state index in [0.29, 0.717) is 28.8 Å². The van der Waals surface area contributed by atoms with Gasteiger partial charge in [0.15, 0.2) is 0 Å². The SMILES string of the molecule is CCCC1CCCN(S(=O)(=O)c2c(C)csc2CO)CC1. The van der Waals surface area contributed by atoms with Crippen LogP contribution in [0.3, 0.4) is 0 Å². The molecule has 1 unspecified atom stereocenters. The number of hydrogen-bond acceptors (Lipinski definition) is 4. The number of aliphatic hydroxyl groups is 1. The summed E-state index contributed by atoms with van der Waals surface area (Å²) in [6.45, 7) is 4.98. The Morgan fingerprint density at radius 1 is 1.38 bits per heavy atom. The van der Waals surface area contributed by atoms with E-state index in [1.807, 2.05) is 5.38 Å². The van der Waals surface area contributed by atoms with Gasteiger partial charge >= 0.3 is 0 Å². The first-order valence-electron chi connectivity index (χ1n) is 7.68. The summed E-state index contributed by atoms with van der Waals surface area (Å²) in [7, 11) is -3.47. The molecule has 1 atom stereocenters. The molecule has 1 aromatic heterocycles. The average Bonchev–Trinajstić information content (AvgIpc) is 2.67. The Morgan fingerprint density at radius 2 is 2.14 bits per heavy atom. The molecule has 1 saturated heterocycles. The van der Waals surface area contributed by atoms with Crippen molar-refractivity contribution in [2.24, 2.45) is 5.92 Å². The lowest BCUT2D eigenvalue weighted by Crippen LogP contribution is -2.32. The highest BCUT2D eigenvalue weighted by molar-refractivity contribution is 7.89. The predicted molar refractivity (Wildman–Crippen MR) is 86.0 cm³/mol. The molecule has 120 valence electrons. The van der Waals surface area contributed by atoms with Crippen molar-refractivity contribution in [3.05, 3.63) is 15.8 Å². The molecule has 6 heteroatoms. The maximum absolute atomic E-state index is 12.9. The van der Waals surface area contributed by atoms with Crippen molar-refractivity contribution in [2.45, 2.75) is 57.5 Å². The molecule has 0 radical (unpaired) electrons. The van der Waals surface area contributed by atoms with Gasteiger partial charge in [-0.2, -0.15) is 4.31 Å². The average molecular weight is 332 g/mol. The summed E-state index contributed by atoms with van der Waals surface area (Å²) in [6.07, 6.45) is 5.35. The van der Waals surface area contributed by atoms with Gasteiger partial charge in [0.1, 0.15) is 4.90 Å². The van der Waals surface area contributed by atoms with E-state index in [4.69, 9.17) is 0 Å². The molecular weight excluding hydrogens is 306 g/mol. The molecule has 0 saturated carbocycles. The summed E-state index contributed by atoms with van der Waals surface area (Å²) in [4.78, 5) is 0.894. The van der Waals surface area contributed by atoms with E-state index in [1.54, 1.807) is 11.2 Å². The number of sulfonamides is 1. The Kier molecular flexibility index (Phi) is 5.82. The van der Waals surface area contributed by atoms with Crippen LogP contribution in [0.25, 0.3) is 0 Å². The first-order valence-corrected chi connectivity index (χ1v) is 10.0. The van der Waals surface area contributed by atoms with Crippen LogP contribution in [0.5, 0.6) is 0 Å². The van der Waals surface area contributed by atoms with Crippen molar-refractivity contribution in [3.8, 4) is 0 Å². The molecule has 0 amide bonds. The summed E-state index contributed by atoms with van der Waals surface area (Å²) in [6, 6.07) is 0. The van der Waals surface area contributed by atoms with Gasteiger partial charge in [0.2, 0.25) is 10.0 Å². The number of hydrogen-bond donors (Lipinski definition) is 1. The quantitative estimate of drug-likeness (QED) is 0.902. The van der Waals surface area contributed by atoms with E-state index in [-0.39, 0.29) is 6.61 Å². The van der Waals surface area contributed by atoms with Gasteiger partial charge in [0.05, 0.1) is 11.5 Å². The van der Waals surface area contributed by atoms with Crippen LogP contribution < -0.4 is 0 Å². The van der Waals surface area contributed by atoms with E-state index in [9.17, 15) is 13.5 Å². The summed E-state index contributed by atoms with van der Waals surface area (Å²) in [5, 5.41) is 11.2. The van der Waals surface area contributed by atoms with Crippen LogP contribution in [-0.2, 0) is 16.6 Å². The second kappa shape index (κ2) is 7.22. The molecule has 0 aromatic carbocycles. The molecule has 1 aliphatic heterocycles. The smallest absolute Gasteiger partial charge is 0.244 e. The summed E-state index contributed by atoms with van der Waals surface area (Å²) < 4.78 is 27.4. The van der Waals surface area contributed by atoms with Gasteiger partial charge in [-0.1, -0.05) is 19.8 Å². The Balaban J connectivity index is 2.21. The zero-order valence-electron chi connectivity index (χ0n) is 12.8. The lowest BCUT2D eigenvalue weighted by Gasteiger charge is -2.21. The summed E-state index contributed by atoms with van der Waals surface area (Å²) >= 11 is 1.33. The Labute approximate surface area is 131 Å². The third kappa shape index (κ3) is 3.67. The maximum Gasteiger partial charge on any atom is 0.244 e. The van der Waals surface area contributed by atoms with Gasteiger partial charge < -0.3 is 5.11 Å². The molecule has 1 N–H and O–H groups in total. The minimum Gasteiger partial charge on any atom is -0.391 e. The van der Waals surface area contributed by atoms with Gasteiger partial charge in [-0.05, 0) is 43.0 Å². The molecule has 1 aliphatic rings. The first kappa shape index (κ1) is 16.9. The van der Waals surface area contributed by atoms with Gasteiger partial charge in [0.25, 0.3) is 0 Å². The first-order chi connectivity index (χ1) is 10.0. The molecular formula is C15H25NO3S2. The molecule has 0 bridgehead atoms. The maximum atomic E-state index is 12.9. The van der Waals surface area contributed by atoms with Gasteiger partial charge in [-0.25, -0.2) is 8.42 Å². The molecule has 21 heavy (non-hydrogen) atoms. The molecule has 1 aromatic rings. The fourth-order valence-corrected chi connectivity index (χ4v) is 6.25. The van der Waals surface area contributed by atoms with Crippen molar-refractivity contribution in [2.75, 3.05) is 13.1 Å². The van der Waals surface area contributed by atoms with E-state index >= 15 is 0 Å². The summed E-state index contributed by atoms with van der Waals surface area (Å²) in [5.74, 6) is 0.649. The topological polar surface area (TPSA) is 57.6 Å².